The lowest BCUT2D eigenvalue weighted by Crippen LogP contribution is -2.37. The van der Waals surface area contributed by atoms with E-state index in [9.17, 15) is 4.79 Å². The van der Waals surface area contributed by atoms with Crippen LogP contribution >= 0.6 is 0 Å². The monoisotopic (exact) mass is 208 g/mol. The molecule has 1 saturated heterocycles. The molecule has 1 aliphatic rings. The molecule has 1 heterocycles. The minimum absolute atomic E-state index is 0.260. The number of amides is 1. The Hall–Kier alpha value is -1.01. The summed E-state index contributed by atoms with van der Waals surface area (Å²) in [5, 5.41) is 0. The van der Waals surface area contributed by atoms with Crippen LogP contribution in [0.25, 0.3) is 0 Å². The molecular formula is C12H20N2O. The molecule has 0 radical (unpaired) electrons. The van der Waals surface area contributed by atoms with E-state index in [2.05, 4.69) is 10.8 Å². The Kier molecular flexibility index (Phi) is 5.20. The molecule has 84 valence electrons. The Morgan fingerprint density at radius 1 is 1.47 bits per heavy atom. The molecule has 1 aliphatic heterocycles. The highest BCUT2D eigenvalue weighted by atomic mass is 16.2. The Balaban J connectivity index is 2.16. The molecule has 15 heavy (non-hydrogen) atoms. The average Bonchev–Trinajstić information content (AvgIpc) is 2.70. The number of carbonyl (C=O) groups is 1. The van der Waals surface area contributed by atoms with Crippen molar-refractivity contribution in [1.29, 1.82) is 0 Å². The van der Waals surface area contributed by atoms with Crippen molar-refractivity contribution >= 4 is 5.91 Å². The van der Waals surface area contributed by atoms with Crippen molar-refractivity contribution in [2.24, 2.45) is 0 Å². The number of carbonyl (C=O) groups excluding carboxylic acids is 1. The number of hydrogen-bond acceptors (Lipinski definition) is 2. The lowest BCUT2D eigenvalue weighted by Gasteiger charge is -2.20. The molecule has 3 nitrogen and oxygen atoms in total. The van der Waals surface area contributed by atoms with Gasteiger partial charge < -0.3 is 4.90 Å². The molecule has 0 aromatic carbocycles. The van der Waals surface area contributed by atoms with Crippen molar-refractivity contribution < 1.29 is 4.79 Å². The minimum atomic E-state index is 0.260. The van der Waals surface area contributed by atoms with Crippen molar-refractivity contribution in [3.8, 4) is 12.3 Å². The lowest BCUT2D eigenvalue weighted by molar-refractivity contribution is -0.131. The van der Waals surface area contributed by atoms with Crippen molar-refractivity contribution in [1.82, 2.24) is 9.80 Å². The first-order chi connectivity index (χ1) is 7.24. The molecule has 0 bridgehead atoms. The highest BCUT2D eigenvalue weighted by Gasteiger charge is 2.18. The second-order valence-corrected chi connectivity index (χ2v) is 4.13. The van der Waals surface area contributed by atoms with Crippen LogP contribution < -0.4 is 0 Å². The second-order valence-electron chi connectivity index (χ2n) is 4.13. The predicted molar refractivity (Wildman–Crippen MR) is 61.4 cm³/mol. The SMILES string of the molecule is C#CCCCN(C)CC(=O)N1CCCC1. The lowest BCUT2D eigenvalue weighted by atomic mass is 10.3. The number of terminal acetylenes is 1. The van der Waals surface area contributed by atoms with Gasteiger partial charge in [0.1, 0.15) is 0 Å². The number of likely N-dealkylation sites (tertiary alicyclic amines) is 1. The van der Waals surface area contributed by atoms with E-state index in [4.69, 9.17) is 6.42 Å². The maximum absolute atomic E-state index is 11.7. The van der Waals surface area contributed by atoms with Crippen LogP contribution in [0.4, 0.5) is 0 Å². The van der Waals surface area contributed by atoms with E-state index in [0.717, 1.165) is 45.3 Å². The van der Waals surface area contributed by atoms with Crippen LogP contribution in [-0.4, -0.2) is 48.9 Å². The second kappa shape index (κ2) is 6.47. The molecule has 1 fully saturated rings. The Bertz CT molecular complexity index is 238. The summed E-state index contributed by atoms with van der Waals surface area (Å²) in [6, 6.07) is 0. The molecule has 0 N–H and O–H groups in total. The summed E-state index contributed by atoms with van der Waals surface area (Å²) in [5.41, 5.74) is 0. The predicted octanol–water partition coefficient (Wildman–Crippen LogP) is 0.954. The zero-order chi connectivity index (χ0) is 11.1. The maximum Gasteiger partial charge on any atom is 0.236 e. The molecule has 1 amide bonds. The maximum atomic E-state index is 11.7. The third-order valence-corrected chi connectivity index (χ3v) is 2.72. The molecular weight excluding hydrogens is 188 g/mol. The zero-order valence-electron chi connectivity index (χ0n) is 9.54. The van der Waals surface area contributed by atoms with Crippen LogP contribution in [0.15, 0.2) is 0 Å². The Morgan fingerprint density at radius 2 is 2.13 bits per heavy atom. The summed E-state index contributed by atoms with van der Waals surface area (Å²) in [7, 11) is 1.98. The van der Waals surface area contributed by atoms with Crippen LogP contribution in [0.2, 0.25) is 0 Å². The van der Waals surface area contributed by atoms with Gasteiger partial charge in [-0.3, -0.25) is 9.69 Å². The van der Waals surface area contributed by atoms with Gasteiger partial charge in [0.05, 0.1) is 6.54 Å². The van der Waals surface area contributed by atoms with E-state index in [0.29, 0.717) is 6.54 Å². The van der Waals surface area contributed by atoms with Crippen LogP contribution in [0.5, 0.6) is 0 Å². The quantitative estimate of drug-likeness (QED) is 0.496. The smallest absolute Gasteiger partial charge is 0.236 e. The molecule has 0 aliphatic carbocycles. The first kappa shape index (κ1) is 12.1. The van der Waals surface area contributed by atoms with Crippen LogP contribution in [0.3, 0.4) is 0 Å². The first-order valence-corrected chi connectivity index (χ1v) is 5.64. The highest BCUT2D eigenvalue weighted by Crippen LogP contribution is 2.07. The fourth-order valence-corrected chi connectivity index (χ4v) is 1.83. The molecule has 0 aromatic heterocycles. The fourth-order valence-electron chi connectivity index (χ4n) is 1.83. The van der Waals surface area contributed by atoms with E-state index in [1.807, 2.05) is 11.9 Å². The largest absolute Gasteiger partial charge is 0.342 e. The summed E-state index contributed by atoms with van der Waals surface area (Å²) in [5.74, 6) is 2.87. The van der Waals surface area contributed by atoms with Gasteiger partial charge in [0.15, 0.2) is 0 Å². The van der Waals surface area contributed by atoms with Gasteiger partial charge in [-0.15, -0.1) is 12.3 Å². The van der Waals surface area contributed by atoms with Crippen molar-refractivity contribution in [2.45, 2.75) is 25.7 Å². The van der Waals surface area contributed by atoms with Crippen LogP contribution in [0, 0.1) is 12.3 Å². The van der Waals surface area contributed by atoms with Crippen molar-refractivity contribution in [2.75, 3.05) is 33.2 Å². The van der Waals surface area contributed by atoms with E-state index < -0.39 is 0 Å². The average molecular weight is 208 g/mol. The molecule has 0 aromatic rings. The Labute approximate surface area is 92.4 Å². The van der Waals surface area contributed by atoms with Gasteiger partial charge in [0.25, 0.3) is 0 Å². The van der Waals surface area contributed by atoms with Crippen LogP contribution in [0.1, 0.15) is 25.7 Å². The molecule has 0 atom stereocenters. The normalized spacial score (nSPS) is 15.7. The van der Waals surface area contributed by atoms with Gasteiger partial charge in [-0.05, 0) is 32.9 Å². The standard InChI is InChI=1S/C12H20N2O/c1-3-4-5-8-13(2)11-12(15)14-9-6-7-10-14/h1H,4-11H2,2H3. The number of nitrogens with zero attached hydrogens (tertiary/aromatic N) is 2. The van der Waals surface area contributed by atoms with E-state index in [1.165, 1.54) is 0 Å². The number of likely N-dealkylation sites (N-methyl/N-ethyl adjacent to an activating group) is 1. The van der Waals surface area contributed by atoms with Gasteiger partial charge in [0.2, 0.25) is 5.91 Å². The summed E-state index contributed by atoms with van der Waals surface area (Å²) in [6.07, 6.45) is 9.26. The van der Waals surface area contributed by atoms with E-state index in [1.54, 1.807) is 0 Å². The summed E-state index contributed by atoms with van der Waals surface area (Å²) < 4.78 is 0. The Morgan fingerprint density at radius 3 is 2.73 bits per heavy atom. The number of unbranched alkanes of at least 4 members (excludes halogenated alkanes) is 1. The van der Waals surface area contributed by atoms with Gasteiger partial charge in [0, 0.05) is 19.5 Å². The third-order valence-electron chi connectivity index (χ3n) is 2.72. The zero-order valence-corrected chi connectivity index (χ0v) is 9.54. The topological polar surface area (TPSA) is 23.6 Å². The van der Waals surface area contributed by atoms with Gasteiger partial charge in [-0.1, -0.05) is 0 Å². The summed E-state index contributed by atoms with van der Waals surface area (Å²) in [6.45, 7) is 3.32. The molecule has 3 heteroatoms. The van der Waals surface area contributed by atoms with E-state index in [-0.39, 0.29) is 5.91 Å². The number of rotatable bonds is 5. The van der Waals surface area contributed by atoms with Crippen molar-refractivity contribution in [3.63, 3.8) is 0 Å². The fraction of sp³-hybridized carbons (Fsp3) is 0.750. The number of hydrogen-bond donors (Lipinski definition) is 0. The third kappa shape index (κ3) is 4.35. The van der Waals surface area contributed by atoms with E-state index >= 15 is 0 Å². The molecule has 0 saturated carbocycles. The van der Waals surface area contributed by atoms with Gasteiger partial charge >= 0.3 is 0 Å². The highest BCUT2D eigenvalue weighted by molar-refractivity contribution is 5.78. The first-order valence-electron chi connectivity index (χ1n) is 5.64. The molecule has 0 spiro atoms. The molecule has 1 rings (SSSR count). The molecule has 0 unspecified atom stereocenters. The summed E-state index contributed by atoms with van der Waals surface area (Å²) >= 11 is 0. The van der Waals surface area contributed by atoms with Gasteiger partial charge in [-0.2, -0.15) is 0 Å². The van der Waals surface area contributed by atoms with Crippen molar-refractivity contribution in [3.05, 3.63) is 0 Å². The van der Waals surface area contributed by atoms with Gasteiger partial charge in [-0.25, -0.2) is 0 Å². The summed E-state index contributed by atoms with van der Waals surface area (Å²) in [4.78, 5) is 15.7. The minimum Gasteiger partial charge on any atom is -0.342 e. The van der Waals surface area contributed by atoms with Crippen LogP contribution in [-0.2, 0) is 4.79 Å².